The first-order valence-electron chi connectivity index (χ1n) is 21.2. The molecule has 0 bridgehead atoms. The maximum absolute atomic E-state index is 6.59. The van der Waals surface area contributed by atoms with Crippen LogP contribution in [0.5, 0.6) is 0 Å². The predicted octanol–water partition coefficient (Wildman–Crippen LogP) is 16.7. The summed E-state index contributed by atoms with van der Waals surface area (Å²) < 4.78 is 9.06. The first kappa shape index (κ1) is 35.7. The van der Waals surface area contributed by atoms with Gasteiger partial charge >= 0.3 is 0 Å². The van der Waals surface area contributed by atoms with E-state index in [9.17, 15) is 0 Å². The van der Waals surface area contributed by atoms with Crippen LogP contribution in [0.25, 0.3) is 116 Å². The van der Waals surface area contributed by atoms with Gasteiger partial charge in [0.1, 0.15) is 11.2 Å². The molecular formula is C60H39NO. The summed E-state index contributed by atoms with van der Waals surface area (Å²) in [6, 6.07) is 85.4. The van der Waals surface area contributed by atoms with Crippen molar-refractivity contribution < 1.29 is 4.42 Å². The van der Waals surface area contributed by atoms with E-state index in [0.29, 0.717) is 0 Å². The third-order valence-electron chi connectivity index (χ3n) is 12.5. The third-order valence-corrected chi connectivity index (χ3v) is 12.5. The van der Waals surface area contributed by atoms with Crippen molar-refractivity contribution in [2.24, 2.45) is 0 Å². The molecule has 0 saturated heterocycles. The van der Waals surface area contributed by atoms with Gasteiger partial charge in [-0.3, -0.25) is 0 Å². The molecule has 0 amide bonds. The molecule has 290 valence electrons. The second-order valence-corrected chi connectivity index (χ2v) is 16.0. The fraction of sp³-hybridized carbons (Fsp3) is 0. The number of benzene rings is 10. The van der Waals surface area contributed by atoms with Crippen molar-refractivity contribution in [1.82, 2.24) is 4.57 Å². The van der Waals surface area contributed by atoms with Crippen molar-refractivity contribution in [1.29, 1.82) is 0 Å². The van der Waals surface area contributed by atoms with Crippen LogP contribution in [0.2, 0.25) is 0 Å². The molecule has 0 spiro atoms. The zero-order chi connectivity index (χ0) is 41.0. The molecule has 12 rings (SSSR count). The summed E-state index contributed by atoms with van der Waals surface area (Å²) >= 11 is 0. The van der Waals surface area contributed by atoms with Gasteiger partial charge in [-0.15, -0.1) is 0 Å². The minimum absolute atomic E-state index is 0.899. The summed E-state index contributed by atoms with van der Waals surface area (Å²) in [4.78, 5) is 0. The van der Waals surface area contributed by atoms with Gasteiger partial charge < -0.3 is 8.98 Å². The summed E-state index contributed by atoms with van der Waals surface area (Å²) in [6.07, 6.45) is 0. The molecular weight excluding hydrogens is 751 g/mol. The molecule has 62 heavy (non-hydrogen) atoms. The number of aromatic nitrogens is 1. The molecule has 0 aliphatic heterocycles. The highest BCUT2D eigenvalue weighted by atomic mass is 16.3. The molecule has 0 N–H and O–H groups in total. The molecule has 0 aliphatic rings. The molecule has 0 atom stereocenters. The van der Waals surface area contributed by atoms with Gasteiger partial charge in [0, 0.05) is 32.7 Å². The van der Waals surface area contributed by atoms with E-state index in [0.717, 1.165) is 60.9 Å². The molecule has 10 aromatic carbocycles. The maximum atomic E-state index is 6.59. The number of hydrogen-bond acceptors (Lipinski definition) is 1. The lowest BCUT2D eigenvalue weighted by Crippen LogP contribution is -1.98. The van der Waals surface area contributed by atoms with E-state index >= 15 is 0 Å². The second kappa shape index (κ2) is 14.8. The molecule has 0 aliphatic carbocycles. The first-order chi connectivity index (χ1) is 30.7. The number of nitrogens with zero attached hydrogens (tertiary/aromatic N) is 1. The third kappa shape index (κ3) is 6.04. The highest BCUT2D eigenvalue weighted by molar-refractivity contribution is 6.13. The maximum Gasteiger partial charge on any atom is 0.143 e. The van der Waals surface area contributed by atoms with Gasteiger partial charge in [-0.25, -0.2) is 0 Å². The molecule has 2 nitrogen and oxygen atoms in total. The highest BCUT2D eigenvalue weighted by Crippen LogP contribution is 2.44. The summed E-state index contributed by atoms with van der Waals surface area (Å²) in [5.74, 6) is 0. The van der Waals surface area contributed by atoms with E-state index in [1.54, 1.807) is 0 Å². The minimum atomic E-state index is 0.899. The Morgan fingerprint density at radius 1 is 0.258 bits per heavy atom. The van der Waals surface area contributed by atoms with E-state index < -0.39 is 0 Å². The van der Waals surface area contributed by atoms with Crippen molar-refractivity contribution >= 4 is 43.7 Å². The number of furan rings is 1. The molecule has 0 saturated carbocycles. The van der Waals surface area contributed by atoms with Crippen molar-refractivity contribution in [3.05, 3.63) is 237 Å². The molecule has 0 unspecified atom stereocenters. The number of rotatable bonds is 7. The van der Waals surface area contributed by atoms with Crippen molar-refractivity contribution in [2.45, 2.75) is 0 Å². The number of fused-ring (bicyclic) bond motifs is 6. The van der Waals surface area contributed by atoms with E-state index in [-0.39, 0.29) is 0 Å². The van der Waals surface area contributed by atoms with Gasteiger partial charge in [-0.1, -0.05) is 200 Å². The lowest BCUT2D eigenvalue weighted by atomic mass is 9.92. The summed E-state index contributed by atoms with van der Waals surface area (Å²) in [6.45, 7) is 0. The average molecular weight is 790 g/mol. The Labute approximate surface area is 360 Å². The summed E-state index contributed by atoms with van der Waals surface area (Å²) in [7, 11) is 0. The highest BCUT2D eigenvalue weighted by Gasteiger charge is 2.21. The molecule has 2 heterocycles. The van der Waals surface area contributed by atoms with Gasteiger partial charge in [0.15, 0.2) is 0 Å². The van der Waals surface area contributed by atoms with Gasteiger partial charge in [0.05, 0.1) is 16.7 Å². The second-order valence-electron chi connectivity index (χ2n) is 16.0. The fourth-order valence-electron chi connectivity index (χ4n) is 9.42. The molecule has 0 fully saturated rings. The van der Waals surface area contributed by atoms with Crippen LogP contribution in [0.4, 0.5) is 0 Å². The Morgan fingerprint density at radius 2 is 0.661 bits per heavy atom. The van der Waals surface area contributed by atoms with Crippen LogP contribution in [0, 0.1) is 0 Å². The van der Waals surface area contributed by atoms with Crippen LogP contribution in [0.1, 0.15) is 0 Å². The Kier molecular flexibility index (Phi) is 8.53. The Balaban J connectivity index is 1.04. The quantitative estimate of drug-likeness (QED) is 0.157. The van der Waals surface area contributed by atoms with Crippen LogP contribution < -0.4 is 0 Å². The monoisotopic (exact) mass is 789 g/mol. The smallest absolute Gasteiger partial charge is 0.143 e. The topological polar surface area (TPSA) is 18.1 Å². The molecule has 0 radical (unpaired) electrons. The van der Waals surface area contributed by atoms with Gasteiger partial charge in [-0.05, 0) is 92.0 Å². The fourth-order valence-corrected chi connectivity index (χ4v) is 9.42. The van der Waals surface area contributed by atoms with Gasteiger partial charge in [0.2, 0.25) is 0 Å². The van der Waals surface area contributed by atoms with Gasteiger partial charge in [0.25, 0.3) is 0 Å². The minimum Gasteiger partial charge on any atom is -0.455 e. The van der Waals surface area contributed by atoms with Crippen LogP contribution in [-0.2, 0) is 0 Å². The average Bonchev–Trinajstić information content (AvgIpc) is 3.90. The van der Waals surface area contributed by atoms with E-state index in [4.69, 9.17) is 4.42 Å². The van der Waals surface area contributed by atoms with Crippen molar-refractivity contribution in [3.8, 4) is 72.4 Å². The van der Waals surface area contributed by atoms with E-state index in [1.807, 2.05) is 6.07 Å². The summed E-state index contributed by atoms with van der Waals surface area (Å²) in [5.41, 5.74) is 19.4. The predicted molar refractivity (Wildman–Crippen MR) is 261 cm³/mol. The molecule has 2 aromatic heterocycles. The number of hydrogen-bond donors (Lipinski definition) is 0. The first-order valence-corrected chi connectivity index (χ1v) is 21.2. The van der Waals surface area contributed by atoms with E-state index in [1.165, 1.54) is 55.3 Å². The largest absolute Gasteiger partial charge is 0.455 e. The van der Waals surface area contributed by atoms with Crippen LogP contribution in [-0.4, -0.2) is 4.57 Å². The molecule has 12 aromatic rings. The zero-order valence-electron chi connectivity index (χ0n) is 33.9. The SMILES string of the molecule is c1ccc(-c2ccc(-c3ccc4c(c3)c3cc(-c5ccc(-c6ccccc6)cc5)ccc3n4-c3ccccc3-c3ccccc3-c3cccc4c3oc3ccccc34)cc2)cc1. The lowest BCUT2D eigenvalue weighted by molar-refractivity contribution is 0.670. The van der Waals surface area contributed by atoms with Crippen LogP contribution in [0.15, 0.2) is 241 Å². The summed E-state index contributed by atoms with van der Waals surface area (Å²) in [5, 5.41) is 4.68. The van der Waals surface area contributed by atoms with Crippen LogP contribution in [0.3, 0.4) is 0 Å². The van der Waals surface area contributed by atoms with Crippen molar-refractivity contribution in [3.63, 3.8) is 0 Å². The zero-order valence-corrected chi connectivity index (χ0v) is 33.9. The van der Waals surface area contributed by atoms with Gasteiger partial charge in [-0.2, -0.15) is 0 Å². The Bertz CT molecular complexity index is 3450. The van der Waals surface area contributed by atoms with Crippen molar-refractivity contribution in [2.75, 3.05) is 0 Å². The molecule has 2 heteroatoms. The normalized spacial score (nSPS) is 11.5. The van der Waals surface area contributed by atoms with Crippen LogP contribution >= 0.6 is 0 Å². The van der Waals surface area contributed by atoms with E-state index in [2.05, 4.69) is 235 Å². The number of para-hydroxylation sites is 3. The Hall–Kier alpha value is -8.20. The lowest BCUT2D eigenvalue weighted by Gasteiger charge is -2.17. The Morgan fingerprint density at radius 3 is 1.24 bits per heavy atom. The standard InChI is InChI=1S/C60H39NO/c1-3-14-40(15-4-1)42-26-30-44(31-27-42)46-34-36-57-54(38-46)55-39-47(45-32-28-43(29-33-45)41-16-5-2-6-17-41)35-37-58(55)61(57)56-24-11-9-20-50(56)48-18-7-8-19-49(48)52-22-13-23-53-51-21-10-12-25-59(51)62-60(52)53/h1-39H.